The van der Waals surface area contributed by atoms with Gasteiger partial charge in [-0.05, 0) is 49.1 Å². The van der Waals surface area contributed by atoms with Gasteiger partial charge in [0.1, 0.15) is 11.6 Å². The Balaban J connectivity index is 1.50. The Labute approximate surface area is 145 Å². The van der Waals surface area contributed by atoms with Crippen molar-refractivity contribution in [1.82, 2.24) is 14.9 Å². The van der Waals surface area contributed by atoms with E-state index in [1.54, 1.807) is 6.07 Å². The highest BCUT2D eigenvalue weighted by molar-refractivity contribution is 5.77. The Hall–Kier alpha value is -2.53. The Morgan fingerprint density at radius 3 is 2.64 bits per heavy atom. The molecule has 1 aromatic heterocycles. The lowest BCUT2D eigenvalue weighted by atomic mass is 10.1. The summed E-state index contributed by atoms with van der Waals surface area (Å²) in [4.78, 5) is 22.1. The van der Waals surface area contributed by atoms with Crippen molar-refractivity contribution in [3.05, 3.63) is 76.1 Å². The van der Waals surface area contributed by atoms with Gasteiger partial charge in [0.15, 0.2) is 0 Å². The fourth-order valence-corrected chi connectivity index (χ4v) is 3.16. The lowest BCUT2D eigenvalue weighted by Gasteiger charge is -2.21. The number of aromatic nitrogens is 2. The highest BCUT2D eigenvalue weighted by Crippen LogP contribution is 2.28. The van der Waals surface area contributed by atoms with Crippen molar-refractivity contribution in [3.8, 4) is 0 Å². The molecule has 0 atom stereocenters. The maximum absolute atomic E-state index is 13.0. The van der Waals surface area contributed by atoms with Crippen LogP contribution in [0.1, 0.15) is 24.2 Å². The van der Waals surface area contributed by atoms with Crippen LogP contribution in [0.25, 0.3) is 10.9 Å². The van der Waals surface area contributed by atoms with Gasteiger partial charge in [-0.3, -0.25) is 9.69 Å². The number of H-pyrrole nitrogens is 1. The van der Waals surface area contributed by atoms with Crippen LogP contribution in [-0.4, -0.2) is 27.5 Å². The maximum atomic E-state index is 13.0. The van der Waals surface area contributed by atoms with Gasteiger partial charge in [0.05, 0.1) is 17.4 Å². The minimum Gasteiger partial charge on any atom is -0.309 e. The molecule has 1 aliphatic rings. The first-order chi connectivity index (χ1) is 12.2. The van der Waals surface area contributed by atoms with E-state index in [4.69, 9.17) is 0 Å². The van der Waals surface area contributed by atoms with E-state index in [1.807, 2.05) is 30.3 Å². The van der Waals surface area contributed by atoms with E-state index in [2.05, 4.69) is 14.9 Å². The molecule has 3 aromatic rings. The zero-order valence-electron chi connectivity index (χ0n) is 13.9. The van der Waals surface area contributed by atoms with E-state index in [0.29, 0.717) is 23.8 Å². The number of fused-ring (bicyclic) bond motifs is 1. The fourth-order valence-electron chi connectivity index (χ4n) is 3.16. The van der Waals surface area contributed by atoms with Crippen molar-refractivity contribution in [3.63, 3.8) is 0 Å². The molecule has 0 radical (unpaired) electrons. The Kier molecular flexibility index (Phi) is 4.32. The van der Waals surface area contributed by atoms with Gasteiger partial charge >= 0.3 is 0 Å². The first-order valence-corrected chi connectivity index (χ1v) is 8.65. The van der Waals surface area contributed by atoms with Crippen LogP contribution in [0.15, 0.2) is 53.3 Å². The van der Waals surface area contributed by atoms with E-state index in [9.17, 15) is 9.18 Å². The molecule has 0 spiro atoms. The Bertz CT molecular complexity index is 932. The van der Waals surface area contributed by atoms with Crippen LogP contribution in [0.3, 0.4) is 0 Å². The van der Waals surface area contributed by atoms with Crippen molar-refractivity contribution in [2.45, 2.75) is 31.8 Å². The number of halogens is 1. The Morgan fingerprint density at radius 1 is 1.12 bits per heavy atom. The van der Waals surface area contributed by atoms with Crippen molar-refractivity contribution in [2.24, 2.45) is 0 Å². The second-order valence-corrected chi connectivity index (χ2v) is 6.61. The molecule has 0 aliphatic heterocycles. The molecule has 25 heavy (non-hydrogen) atoms. The number of aromatic amines is 1. The average Bonchev–Trinajstić information content (AvgIpc) is 3.45. The topological polar surface area (TPSA) is 49.0 Å². The summed E-state index contributed by atoms with van der Waals surface area (Å²) >= 11 is 0. The molecule has 0 amide bonds. The van der Waals surface area contributed by atoms with Crippen molar-refractivity contribution in [1.29, 1.82) is 0 Å². The summed E-state index contributed by atoms with van der Waals surface area (Å²) in [5.41, 5.74) is 1.76. The summed E-state index contributed by atoms with van der Waals surface area (Å²) in [5.74, 6) is 0.496. The second-order valence-electron chi connectivity index (χ2n) is 6.61. The van der Waals surface area contributed by atoms with Gasteiger partial charge in [-0.15, -0.1) is 0 Å². The van der Waals surface area contributed by atoms with Gasteiger partial charge in [0.25, 0.3) is 5.56 Å². The van der Waals surface area contributed by atoms with Crippen LogP contribution in [0, 0.1) is 5.82 Å². The van der Waals surface area contributed by atoms with Crippen LogP contribution in [-0.2, 0) is 13.0 Å². The highest BCUT2D eigenvalue weighted by Gasteiger charge is 2.29. The average molecular weight is 337 g/mol. The van der Waals surface area contributed by atoms with Crippen molar-refractivity contribution < 1.29 is 4.39 Å². The predicted molar refractivity (Wildman–Crippen MR) is 95.9 cm³/mol. The number of nitrogens with one attached hydrogen (secondary N) is 1. The quantitative estimate of drug-likeness (QED) is 0.751. The molecule has 2 aromatic carbocycles. The van der Waals surface area contributed by atoms with Crippen molar-refractivity contribution >= 4 is 10.9 Å². The third-order valence-corrected chi connectivity index (χ3v) is 4.68. The zero-order valence-corrected chi connectivity index (χ0v) is 13.9. The number of hydrogen-bond donors (Lipinski definition) is 1. The highest BCUT2D eigenvalue weighted by atomic mass is 19.1. The fraction of sp³-hybridized carbons (Fsp3) is 0.300. The van der Waals surface area contributed by atoms with Gasteiger partial charge in [0.2, 0.25) is 0 Å². The van der Waals surface area contributed by atoms with Gasteiger partial charge in [0, 0.05) is 12.6 Å². The van der Waals surface area contributed by atoms with Crippen molar-refractivity contribution in [2.75, 3.05) is 6.54 Å². The van der Waals surface area contributed by atoms with Gasteiger partial charge in [-0.1, -0.05) is 24.3 Å². The number of benzene rings is 2. The minimum absolute atomic E-state index is 0.0881. The molecular formula is C20H20FN3O. The van der Waals surface area contributed by atoms with Gasteiger partial charge in [-0.2, -0.15) is 0 Å². The lowest BCUT2D eigenvalue weighted by molar-refractivity contribution is 0.251. The largest absolute Gasteiger partial charge is 0.309 e. The van der Waals surface area contributed by atoms with E-state index in [0.717, 1.165) is 24.0 Å². The summed E-state index contributed by atoms with van der Waals surface area (Å²) in [7, 11) is 0. The van der Waals surface area contributed by atoms with Crippen LogP contribution < -0.4 is 5.56 Å². The molecule has 1 N–H and O–H groups in total. The minimum atomic E-state index is -0.208. The van der Waals surface area contributed by atoms with Crippen LogP contribution in [0.5, 0.6) is 0 Å². The molecule has 0 unspecified atom stereocenters. The number of hydrogen-bond acceptors (Lipinski definition) is 3. The molecule has 0 bridgehead atoms. The molecule has 5 heteroatoms. The third kappa shape index (κ3) is 3.77. The van der Waals surface area contributed by atoms with E-state index in [1.165, 1.54) is 25.0 Å². The number of nitrogens with zero attached hydrogens (tertiary/aromatic N) is 2. The van der Waals surface area contributed by atoms with Crippen LogP contribution in [0.4, 0.5) is 4.39 Å². The normalized spacial score (nSPS) is 14.3. The standard InChI is InChI=1S/C20H20FN3O/c21-15-7-5-14(6-8-15)11-12-24(16-9-10-16)13-19-22-18-4-2-1-3-17(18)20(25)23-19/h1-8,16H,9-13H2,(H,22,23,25). The maximum Gasteiger partial charge on any atom is 0.258 e. The predicted octanol–water partition coefficient (Wildman–Crippen LogP) is 3.27. The molecule has 128 valence electrons. The number of para-hydroxylation sites is 1. The van der Waals surface area contributed by atoms with Gasteiger partial charge in [-0.25, -0.2) is 9.37 Å². The zero-order chi connectivity index (χ0) is 17.2. The van der Waals surface area contributed by atoms with Crippen LogP contribution in [0.2, 0.25) is 0 Å². The first kappa shape index (κ1) is 16.0. The SMILES string of the molecule is O=c1[nH]c(CN(CCc2ccc(F)cc2)C2CC2)nc2ccccc12. The molecule has 1 saturated carbocycles. The summed E-state index contributed by atoms with van der Waals surface area (Å²) in [5, 5.41) is 0.621. The summed E-state index contributed by atoms with van der Waals surface area (Å²) in [6.45, 7) is 1.50. The summed E-state index contributed by atoms with van der Waals surface area (Å²) in [6, 6.07) is 14.6. The van der Waals surface area contributed by atoms with Crippen LogP contribution >= 0.6 is 0 Å². The first-order valence-electron chi connectivity index (χ1n) is 8.65. The smallest absolute Gasteiger partial charge is 0.258 e. The lowest BCUT2D eigenvalue weighted by Crippen LogP contribution is -2.30. The summed E-state index contributed by atoms with van der Waals surface area (Å²) in [6.07, 6.45) is 3.22. The van der Waals surface area contributed by atoms with E-state index < -0.39 is 0 Å². The monoisotopic (exact) mass is 337 g/mol. The molecule has 1 heterocycles. The molecule has 4 rings (SSSR count). The second kappa shape index (κ2) is 6.76. The van der Waals surface area contributed by atoms with Gasteiger partial charge < -0.3 is 4.98 Å². The van der Waals surface area contributed by atoms with E-state index in [-0.39, 0.29) is 11.4 Å². The molecule has 0 saturated heterocycles. The number of rotatable bonds is 6. The molecule has 1 fully saturated rings. The molecule has 4 nitrogen and oxygen atoms in total. The van der Waals surface area contributed by atoms with E-state index >= 15 is 0 Å². The third-order valence-electron chi connectivity index (χ3n) is 4.68. The molecular weight excluding hydrogens is 317 g/mol. The molecule has 1 aliphatic carbocycles. The Morgan fingerprint density at radius 2 is 1.88 bits per heavy atom. The summed E-state index contributed by atoms with van der Waals surface area (Å²) < 4.78 is 13.0.